The second kappa shape index (κ2) is 7.47. The van der Waals surface area contributed by atoms with Crippen LogP contribution in [0.4, 0.5) is 10.1 Å². The maximum atomic E-state index is 13.0. The maximum Gasteiger partial charge on any atom is 0.227 e. The van der Waals surface area contributed by atoms with Gasteiger partial charge in [0.25, 0.3) is 0 Å². The molecule has 0 radical (unpaired) electrons. The Hall–Kier alpha value is -2.69. The van der Waals surface area contributed by atoms with E-state index in [0.29, 0.717) is 18.7 Å². The molecular weight excluding hydrogens is 319 g/mol. The molecule has 130 valence electrons. The number of halogens is 1. The summed E-state index contributed by atoms with van der Waals surface area (Å²) in [7, 11) is 0. The van der Waals surface area contributed by atoms with E-state index in [1.54, 1.807) is 24.3 Å². The molecule has 25 heavy (non-hydrogen) atoms. The molecule has 2 aromatic carbocycles. The molecule has 0 unspecified atom stereocenters. The van der Waals surface area contributed by atoms with E-state index in [1.165, 1.54) is 19.1 Å². The predicted octanol–water partition coefficient (Wildman–Crippen LogP) is 3.52. The Kier molecular flexibility index (Phi) is 5.12. The number of benzene rings is 2. The molecule has 0 aliphatic heterocycles. The molecule has 1 aliphatic rings. The molecule has 1 aliphatic carbocycles. The van der Waals surface area contributed by atoms with E-state index < -0.39 is 0 Å². The quantitative estimate of drug-likeness (QED) is 0.875. The minimum atomic E-state index is -0.271. The number of rotatable bonds is 6. The zero-order chi connectivity index (χ0) is 17.8. The first kappa shape index (κ1) is 17.1. The van der Waals surface area contributed by atoms with Crippen LogP contribution >= 0.6 is 0 Å². The minimum absolute atomic E-state index is 0.0686. The average Bonchev–Trinajstić information content (AvgIpc) is 3.40. The Bertz CT molecular complexity index is 752. The molecule has 0 aromatic heterocycles. The first-order valence-corrected chi connectivity index (χ1v) is 8.42. The highest BCUT2D eigenvalue weighted by Gasteiger charge is 2.32. The highest BCUT2D eigenvalue weighted by molar-refractivity contribution is 5.88. The lowest BCUT2D eigenvalue weighted by Gasteiger charge is -2.23. The third-order valence-electron chi connectivity index (χ3n) is 4.20. The van der Waals surface area contributed by atoms with Crippen molar-refractivity contribution in [3.8, 4) is 0 Å². The Morgan fingerprint density at radius 2 is 1.64 bits per heavy atom. The lowest BCUT2D eigenvalue weighted by atomic mass is 10.1. The van der Waals surface area contributed by atoms with Gasteiger partial charge in [-0.05, 0) is 48.2 Å². The Morgan fingerprint density at radius 1 is 1.04 bits per heavy atom. The minimum Gasteiger partial charge on any atom is -0.335 e. The molecule has 1 N–H and O–H groups in total. The third kappa shape index (κ3) is 4.89. The fourth-order valence-electron chi connectivity index (χ4n) is 2.78. The van der Waals surface area contributed by atoms with Crippen molar-refractivity contribution in [2.45, 2.75) is 38.8 Å². The van der Waals surface area contributed by atoms with Crippen LogP contribution in [-0.4, -0.2) is 22.8 Å². The number of nitrogens with zero attached hydrogens (tertiary/aromatic N) is 1. The van der Waals surface area contributed by atoms with Crippen LogP contribution < -0.4 is 5.32 Å². The zero-order valence-electron chi connectivity index (χ0n) is 14.2. The average molecular weight is 340 g/mol. The largest absolute Gasteiger partial charge is 0.335 e. The molecule has 0 atom stereocenters. The van der Waals surface area contributed by atoms with Gasteiger partial charge in [0, 0.05) is 25.2 Å². The van der Waals surface area contributed by atoms with E-state index in [1.807, 2.05) is 17.0 Å². The van der Waals surface area contributed by atoms with Crippen LogP contribution in [0.5, 0.6) is 0 Å². The van der Waals surface area contributed by atoms with Crippen molar-refractivity contribution in [1.82, 2.24) is 4.90 Å². The van der Waals surface area contributed by atoms with E-state index >= 15 is 0 Å². The topological polar surface area (TPSA) is 49.4 Å². The van der Waals surface area contributed by atoms with Gasteiger partial charge in [-0.3, -0.25) is 9.59 Å². The standard InChI is InChI=1S/C20H21FN2O2/c1-14(24)22-18-8-4-15(5-9-18)12-20(25)23(19-10-11-19)13-16-2-6-17(21)7-3-16/h2-9,19H,10-13H2,1H3,(H,22,24). The molecule has 4 nitrogen and oxygen atoms in total. The van der Waals surface area contributed by atoms with E-state index in [4.69, 9.17) is 0 Å². The van der Waals surface area contributed by atoms with Crippen molar-refractivity contribution < 1.29 is 14.0 Å². The Balaban J connectivity index is 1.64. The van der Waals surface area contributed by atoms with Crippen molar-refractivity contribution in [3.05, 3.63) is 65.5 Å². The van der Waals surface area contributed by atoms with Gasteiger partial charge in [-0.25, -0.2) is 4.39 Å². The van der Waals surface area contributed by atoms with Crippen molar-refractivity contribution >= 4 is 17.5 Å². The SMILES string of the molecule is CC(=O)Nc1ccc(CC(=O)N(Cc2ccc(F)cc2)C2CC2)cc1. The van der Waals surface area contributed by atoms with Gasteiger partial charge in [0.2, 0.25) is 11.8 Å². The molecule has 5 heteroatoms. The number of carbonyl (C=O) groups excluding carboxylic acids is 2. The molecule has 1 saturated carbocycles. The lowest BCUT2D eigenvalue weighted by molar-refractivity contribution is -0.131. The molecule has 1 fully saturated rings. The van der Waals surface area contributed by atoms with Crippen molar-refractivity contribution in [2.24, 2.45) is 0 Å². The summed E-state index contributed by atoms with van der Waals surface area (Å²) in [5.74, 6) is -0.325. The van der Waals surface area contributed by atoms with Gasteiger partial charge in [-0.2, -0.15) is 0 Å². The van der Waals surface area contributed by atoms with Gasteiger partial charge in [0.1, 0.15) is 5.82 Å². The summed E-state index contributed by atoms with van der Waals surface area (Å²) in [5.41, 5.74) is 2.56. The van der Waals surface area contributed by atoms with Crippen molar-refractivity contribution in [2.75, 3.05) is 5.32 Å². The number of carbonyl (C=O) groups is 2. The molecule has 0 bridgehead atoms. The van der Waals surface area contributed by atoms with Crippen LogP contribution in [0.3, 0.4) is 0 Å². The van der Waals surface area contributed by atoms with Gasteiger partial charge in [-0.1, -0.05) is 24.3 Å². The third-order valence-corrected chi connectivity index (χ3v) is 4.20. The Morgan fingerprint density at radius 3 is 2.20 bits per heavy atom. The number of hydrogen-bond donors (Lipinski definition) is 1. The van der Waals surface area contributed by atoms with Crippen LogP contribution in [0.2, 0.25) is 0 Å². The van der Waals surface area contributed by atoms with Gasteiger partial charge >= 0.3 is 0 Å². The van der Waals surface area contributed by atoms with Crippen LogP contribution in [-0.2, 0) is 22.6 Å². The highest BCUT2D eigenvalue weighted by Crippen LogP contribution is 2.29. The first-order valence-electron chi connectivity index (χ1n) is 8.42. The van der Waals surface area contributed by atoms with Crippen molar-refractivity contribution in [1.29, 1.82) is 0 Å². The van der Waals surface area contributed by atoms with Crippen LogP contribution in [0.15, 0.2) is 48.5 Å². The normalized spacial score (nSPS) is 13.4. The van der Waals surface area contributed by atoms with Gasteiger partial charge in [-0.15, -0.1) is 0 Å². The van der Waals surface area contributed by atoms with E-state index in [2.05, 4.69) is 5.32 Å². The fourth-order valence-corrected chi connectivity index (χ4v) is 2.78. The van der Waals surface area contributed by atoms with Gasteiger partial charge in [0.15, 0.2) is 0 Å². The number of nitrogens with one attached hydrogen (secondary N) is 1. The summed E-state index contributed by atoms with van der Waals surface area (Å²) in [6, 6.07) is 13.9. The predicted molar refractivity (Wildman–Crippen MR) is 94.4 cm³/mol. The molecule has 0 heterocycles. The van der Waals surface area contributed by atoms with Crippen LogP contribution in [0, 0.1) is 5.82 Å². The highest BCUT2D eigenvalue weighted by atomic mass is 19.1. The smallest absolute Gasteiger partial charge is 0.227 e. The van der Waals surface area contributed by atoms with E-state index in [-0.39, 0.29) is 23.7 Å². The monoisotopic (exact) mass is 340 g/mol. The number of anilines is 1. The second-order valence-electron chi connectivity index (χ2n) is 6.43. The van der Waals surface area contributed by atoms with Crippen molar-refractivity contribution in [3.63, 3.8) is 0 Å². The van der Waals surface area contributed by atoms with Gasteiger partial charge < -0.3 is 10.2 Å². The summed E-state index contributed by atoms with van der Waals surface area (Å²) in [6.45, 7) is 1.97. The molecule has 3 rings (SSSR count). The lowest BCUT2D eigenvalue weighted by Crippen LogP contribution is -2.33. The number of hydrogen-bond acceptors (Lipinski definition) is 2. The summed E-state index contributed by atoms with van der Waals surface area (Å²) in [6.07, 6.45) is 2.36. The first-order chi connectivity index (χ1) is 12.0. The summed E-state index contributed by atoms with van der Waals surface area (Å²) in [4.78, 5) is 25.6. The fraction of sp³-hybridized carbons (Fsp3) is 0.300. The van der Waals surface area contributed by atoms with Crippen LogP contribution in [0.1, 0.15) is 30.9 Å². The van der Waals surface area contributed by atoms with E-state index in [0.717, 1.165) is 24.0 Å². The molecular formula is C20H21FN2O2. The summed E-state index contributed by atoms with van der Waals surface area (Å²) in [5, 5.41) is 2.71. The molecule has 2 aromatic rings. The summed E-state index contributed by atoms with van der Waals surface area (Å²) >= 11 is 0. The van der Waals surface area contributed by atoms with E-state index in [9.17, 15) is 14.0 Å². The Labute approximate surface area is 146 Å². The maximum absolute atomic E-state index is 13.0. The van der Waals surface area contributed by atoms with Gasteiger partial charge in [0.05, 0.1) is 6.42 Å². The number of amides is 2. The molecule has 0 saturated heterocycles. The summed E-state index contributed by atoms with van der Waals surface area (Å²) < 4.78 is 13.0. The molecule has 2 amide bonds. The van der Waals surface area contributed by atoms with Crippen LogP contribution in [0.25, 0.3) is 0 Å². The second-order valence-corrected chi connectivity index (χ2v) is 6.43. The molecule has 0 spiro atoms. The zero-order valence-corrected chi connectivity index (χ0v) is 14.2.